The number of nitrogens with one attached hydrogen (secondary N) is 2. The number of non-ortho nitro benzene ring substituents is 1. The minimum absolute atomic E-state index is 0.0400. The molecule has 0 saturated heterocycles. The summed E-state index contributed by atoms with van der Waals surface area (Å²) in [7, 11) is 1.47. The molecule has 0 spiro atoms. The van der Waals surface area contributed by atoms with Crippen molar-refractivity contribution in [1.82, 2.24) is 9.78 Å². The van der Waals surface area contributed by atoms with Gasteiger partial charge >= 0.3 is 6.18 Å². The standard InChI is InChI=1S/C27H20BrClF3N5O5/c1-41-18-6-2-14(3-7-18)21-13-22(27(30,31)32)36-25(34-21)23(29)24(35-36)26(38)33-16-10-17(37(39)40)12-20(11-16)42-19-8-4-15(28)5-9-19/h2-12,21-22,34H,13H2,1H3,(H,33,38)/t21-,22+/m0/s1. The van der Waals surface area contributed by atoms with Crippen molar-refractivity contribution in [2.24, 2.45) is 0 Å². The molecule has 4 aromatic rings. The van der Waals surface area contributed by atoms with Crippen molar-refractivity contribution in [1.29, 1.82) is 0 Å². The Labute approximate surface area is 249 Å². The number of hydrogen-bond donors (Lipinski definition) is 2. The molecule has 3 aromatic carbocycles. The summed E-state index contributed by atoms with van der Waals surface area (Å²) >= 11 is 9.72. The second kappa shape index (κ2) is 11.5. The number of amides is 1. The van der Waals surface area contributed by atoms with Crippen molar-refractivity contribution in [3.63, 3.8) is 0 Å². The highest BCUT2D eigenvalue weighted by Gasteiger charge is 2.48. The van der Waals surface area contributed by atoms with Gasteiger partial charge in [-0.2, -0.15) is 18.3 Å². The fraction of sp³-hybridized carbons (Fsp3) is 0.185. The molecule has 1 aliphatic heterocycles. The second-order valence-corrected chi connectivity index (χ2v) is 10.5. The van der Waals surface area contributed by atoms with Gasteiger partial charge in [-0.1, -0.05) is 39.7 Å². The van der Waals surface area contributed by atoms with E-state index in [1.54, 1.807) is 48.5 Å². The van der Waals surface area contributed by atoms with Crippen molar-refractivity contribution in [3.05, 3.63) is 97.6 Å². The zero-order valence-corrected chi connectivity index (χ0v) is 23.8. The van der Waals surface area contributed by atoms with Crippen molar-refractivity contribution in [3.8, 4) is 17.2 Å². The molecule has 42 heavy (non-hydrogen) atoms. The number of nitro benzene ring substituents is 1. The van der Waals surface area contributed by atoms with Gasteiger partial charge < -0.3 is 20.1 Å². The maximum Gasteiger partial charge on any atom is 0.410 e. The molecule has 2 heterocycles. The quantitative estimate of drug-likeness (QED) is 0.152. The lowest BCUT2D eigenvalue weighted by Gasteiger charge is -2.33. The Morgan fingerprint density at radius 1 is 1.12 bits per heavy atom. The maximum absolute atomic E-state index is 14.1. The number of anilines is 2. The van der Waals surface area contributed by atoms with Crippen molar-refractivity contribution in [2.75, 3.05) is 17.7 Å². The third-order valence-electron chi connectivity index (χ3n) is 6.44. The number of methoxy groups -OCH3 is 1. The van der Waals surface area contributed by atoms with Crippen LogP contribution in [-0.4, -0.2) is 33.9 Å². The van der Waals surface area contributed by atoms with Crippen LogP contribution < -0.4 is 20.1 Å². The van der Waals surface area contributed by atoms with Crippen molar-refractivity contribution >= 4 is 50.6 Å². The molecule has 0 fully saturated rings. The number of nitro groups is 1. The molecule has 218 valence electrons. The number of alkyl halides is 3. The van der Waals surface area contributed by atoms with Gasteiger partial charge in [-0.3, -0.25) is 14.9 Å². The van der Waals surface area contributed by atoms with Gasteiger partial charge in [0.1, 0.15) is 28.1 Å². The van der Waals surface area contributed by atoms with Gasteiger partial charge in [0.05, 0.1) is 29.8 Å². The first-order valence-corrected chi connectivity index (χ1v) is 13.4. The van der Waals surface area contributed by atoms with E-state index in [2.05, 4.69) is 31.7 Å². The molecule has 15 heteroatoms. The molecule has 0 aliphatic carbocycles. The molecular formula is C27H20BrClF3N5O5. The number of carbonyl (C=O) groups excluding carboxylic acids is 1. The predicted molar refractivity (Wildman–Crippen MR) is 152 cm³/mol. The molecule has 5 rings (SSSR count). The van der Waals surface area contributed by atoms with Crippen LogP contribution in [0.3, 0.4) is 0 Å². The van der Waals surface area contributed by atoms with E-state index in [0.29, 0.717) is 21.7 Å². The van der Waals surface area contributed by atoms with Crippen LogP contribution in [0.4, 0.5) is 30.4 Å². The normalized spacial score (nSPS) is 16.2. The minimum atomic E-state index is -4.70. The summed E-state index contributed by atoms with van der Waals surface area (Å²) in [5.74, 6) is -0.208. The zero-order chi connectivity index (χ0) is 30.2. The number of carbonyl (C=O) groups is 1. The van der Waals surface area contributed by atoms with Crippen LogP contribution in [-0.2, 0) is 0 Å². The molecule has 2 atom stereocenters. The van der Waals surface area contributed by atoms with E-state index in [1.807, 2.05) is 0 Å². The summed E-state index contributed by atoms with van der Waals surface area (Å²) in [4.78, 5) is 24.1. The molecule has 1 aliphatic rings. The largest absolute Gasteiger partial charge is 0.497 e. The Morgan fingerprint density at radius 2 is 1.79 bits per heavy atom. The van der Waals surface area contributed by atoms with E-state index in [1.165, 1.54) is 13.2 Å². The maximum atomic E-state index is 14.1. The Bertz CT molecular complexity index is 1650. The van der Waals surface area contributed by atoms with Crippen LogP contribution in [0.5, 0.6) is 17.2 Å². The summed E-state index contributed by atoms with van der Waals surface area (Å²) in [6, 6.07) is 13.9. The number of ether oxygens (including phenoxy) is 2. The number of nitrogens with zero attached hydrogens (tertiary/aromatic N) is 3. The summed E-state index contributed by atoms with van der Waals surface area (Å²) in [6.07, 6.45) is -5.12. The topological polar surface area (TPSA) is 121 Å². The average molecular weight is 667 g/mol. The lowest BCUT2D eigenvalue weighted by atomic mass is 9.97. The smallest absolute Gasteiger partial charge is 0.410 e. The van der Waals surface area contributed by atoms with Gasteiger partial charge in [0.25, 0.3) is 11.6 Å². The molecule has 0 bridgehead atoms. The SMILES string of the molecule is COc1ccc([C@@H]2C[C@H](C(F)(F)F)n3nc(C(=O)Nc4cc(Oc5ccc(Br)cc5)cc([N+](=O)[O-])c4)c(Cl)c3N2)cc1. The van der Waals surface area contributed by atoms with Crippen LogP contribution in [0.1, 0.15) is 34.6 Å². The summed E-state index contributed by atoms with van der Waals surface area (Å²) in [6.45, 7) is 0. The first kappa shape index (κ1) is 29.2. The molecule has 0 unspecified atom stereocenters. The number of benzene rings is 3. The number of halogens is 5. The van der Waals surface area contributed by atoms with E-state index >= 15 is 0 Å². The highest BCUT2D eigenvalue weighted by Crippen LogP contribution is 2.46. The van der Waals surface area contributed by atoms with Gasteiger partial charge in [-0.05, 0) is 42.0 Å². The Hall–Kier alpha value is -4.30. The van der Waals surface area contributed by atoms with E-state index in [4.69, 9.17) is 21.1 Å². The fourth-order valence-electron chi connectivity index (χ4n) is 4.44. The molecule has 0 radical (unpaired) electrons. The Morgan fingerprint density at radius 3 is 2.40 bits per heavy atom. The highest BCUT2D eigenvalue weighted by molar-refractivity contribution is 9.10. The molecule has 0 saturated carbocycles. The summed E-state index contributed by atoms with van der Waals surface area (Å²) in [5.41, 5.74) is -0.392. The lowest BCUT2D eigenvalue weighted by molar-refractivity contribution is -0.384. The van der Waals surface area contributed by atoms with Gasteiger partial charge in [0.15, 0.2) is 11.7 Å². The first-order valence-electron chi connectivity index (χ1n) is 12.2. The lowest BCUT2D eigenvalue weighted by Crippen LogP contribution is -2.35. The fourth-order valence-corrected chi connectivity index (χ4v) is 4.97. The number of fused-ring (bicyclic) bond motifs is 1. The minimum Gasteiger partial charge on any atom is -0.497 e. The van der Waals surface area contributed by atoms with Crippen molar-refractivity contribution < 1.29 is 32.4 Å². The molecule has 2 N–H and O–H groups in total. The Balaban J connectivity index is 1.45. The van der Waals surface area contributed by atoms with Crippen LogP contribution in [0.25, 0.3) is 0 Å². The van der Waals surface area contributed by atoms with Crippen LogP contribution in [0.2, 0.25) is 5.02 Å². The summed E-state index contributed by atoms with van der Waals surface area (Å²) < 4.78 is 54.7. The van der Waals surface area contributed by atoms with Crippen LogP contribution in [0.15, 0.2) is 71.2 Å². The molecule has 1 aromatic heterocycles. The van der Waals surface area contributed by atoms with Gasteiger partial charge in [0, 0.05) is 23.0 Å². The number of rotatable bonds is 7. The monoisotopic (exact) mass is 665 g/mol. The molecule has 1 amide bonds. The van der Waals surface area contributed by atoms with E-state index in [9.17, 15) is 28.1 Å². The number of aromatic nitrogens is 2. The molecule has 10 nitrogen and oxygen atoms in total. The highest BCUT2D eigenvalue weighted by atomic mass is 79.9. The van der Waals surface area contributed by atoms with Gasteiger partial charge in [-0.25, -0.2) is 4.68 Å². The third-order valence-corrected chi connectivity index (χ3v) is 7.32. The molecular weight excluding hydrogens is 647 g/mol. The van der Waals surface area contributed by atoms with E-state index < -0.39 is 46.9 Å². The average Bonchev–Trinajstić information content (AvgIpc) is 3.29. The first-order chi connectivity index (χ1) is 19.9. The van der Waals surface area contributed by atoms with E-state index in [0.717, 1.165) is 16.6 Å². The van der Waals surface area contributed by atoms with Crippen LogP contribution in [0, 0.1) is 10.1 Å². The Kier molecular flexibility index (Phi) is 8.01. The third kappa shape index (κ3) is 6.14. The second-order valence-electron chi connectivity index (χ2n) is 9.20. The van der Waals surface area contributed by atoms with Crippen LogP contribution >= 0.6 is 27.5 Å². The van der Waals surface area contributed by atoms with Gasteiger partial charge in [-0.15, -0.1) is 0 Å². The van der Waals surface area contributed by atoms with E-state index in [-0.39, 0.29) is 22.3 Å². The van der Waals surface area contributed by atoms with Crippen molar-refractivity contribution in [2.45, 2.75) is 24.7 Å². The number of hydrogen-bond acceptors (Lipinski definition) is 7. The zero-order valence-electron chi connectivity index (χ0n) is 21.5. The predicted octanol–water partition coefficient (Wildman–Crippen LogP) is 7.92. The van der Waals surface area contributed by atoms with Gasteiger partial charge in [0.2, 0.25) is 0 Å². The summed E-state index contributed by atoms with van der Waals surface area (Å²) in [5, 5.41) is 20.5.